The number of nitrogens with one attached hydrogen (secondary N) is 2. The van der Waals surface area contributed by atoms with Crippen molar-refractivity contribution in [3.8, 4) is 0 Å². The molecule has 1 aromatic rings. The monoisotopic (exact) mass is 230 g/mol. The van der Waals surface area contributed by atoms with E-state index in [1.54, 1.807) is 6.20 Å². The molecule has 1 fully saturated rings. The first-order valence-electron chi connectivity index (χ1n) is 6.14. The highest BCUT2D eigenvalue weighted by atomic mass is 16.2. The summed E-state index contributed by atoms with van der Waals surface area (Å²) in [6, 6.07) is 9.24. The molecule has 0 unspecified atom stereocenters. The number of rotatable bonds is 3. The Morgan fingerprint density at radius 3 is 2.59 bits per heavy atom. The fourth-order valence-electron chi connectivity index (χ4n) is 2.10. The van der Waals surface area contributed by atoms with E-state index in [2.05, 4.69) is 16.7 Å². The summed E-state index contributed by atoms with van der Waals surface area (Å²) >= 11 is 0. The van der Waals surface area contributed by atoms with E-state index in [9.17, 15) is 4.79 Å². The van der Waals surface area contributed by atoms with Gasteiger partial charge in [0, 0.05) is 11.9 Å². The van der Waals surface area contributed by atoms with Crippen molar-refractivity contribution in [2.45, 2.75) is 25.7 Å². The van der Waals surface area contributed by atoms with Crippen molar-refractivity contribution >= 4 is 11.7 Å². The lowest BCUT2D eigenvalue weighted by atomic mass is 10.1. The van der Waals surface area contributed by atoms with Gasteiger partial charge in [-0.2, -0.15) is 0 Å². The van der Waals surface area contributed by atoms with Crippen LogP contribution in [0.3, 0.4) is 0 Å². The summed E-state index contributed by atoms with van der Waals surface area (Å²) in [6.07, 6.45) is 8.97. The van der Waals surface area contributed by atoms with Gasteiger partial charge in [-0.15, -0.1) is 0 Å². The number of allylic oxidation sites excluding steroid dienone is 1. The molecular weight excluding hydrogens is 212 g/mol. The maximum Gasteiger partial charge on any atom is 0.323 e. The minimum atomic E-state index is -0.189. The van der Waals surface area contributed by atoms with E-state index < -0.39 is 0 Å². The van der Waals surface area contributed by atoms with Crippen LogP contribution in [0.1, 0.15) is 25.7 Å². The van der Waals surface area contributed by atoms with Crippen LogP contribution in [0.25, 0.3) is 0 Å². The Hall–Kier alpha value is -1.77. The van der Waals surface area contributed by atoms with E-state index in [0.717, 1.165) is 5.69 Å². The molecule has 3 heteroatoms. The number of para-hydroxylation sites is 1. The Morgan fingerprint density at radius 1 is 1.18 bits per heavy atom. The molecule has 1 aliphatic rings. The number of hydrogen-bond acceptors (Lipinski definition) is 1. The van der Waals surface area contributed by atoms with Crippen LogP contribution in [-0.4, -0.2) is 6.03 Å². The smallest absolute Gasteiger partial charge is 0.315 e. The highest BCUT2D eigenvalue weighted by molar-refractivity contribution is 5.89. The topological polar surface area (TPSA) is 41.1 Å². The zero-order chi connectivity index (χ0) is 11.9. The molecule has 2 N–H and O–H groups in total. The Morgan fingerprint density at radius 2 is 1.88 bits per heavy atom. The fraction of sp³-hybridized carbons (Fsp3) is 0.357. The summed E-state index contributed by atoms with van der Waals surface area (Å²) in [5.74, 6) is 0.645. The minimum absolute atomic E-state index is 0.189. The molecule has 0 atom stereocenters. The van der Waals surface area contributed by atoms with E-state index in [1.807, 2.05) is 30.3 Å². The lowest BCUT2D eigenvalue weighted by molar-refractivity contribution is 0.255. The van der Waals surface area contributed by atoms with Gasteiger partial charge < -0.3 is 10.6 Å². The van der Waals surface area contributed by atoms with Gasteiger partial charge in [0.15, 0.2) is 0 Å². The second kappa shape index (κ2) is 6.09. The highest BCUT2D eigenvalue weighted by Crippen LogP contribution is 2.25. The molecule has 90 valence electrons. The van der Waals surface area contributed by atoms with Crippen LogP contribution >= 0.6 is 0 Å². The molecule has 17 heavy (non-hydrogen) atoms. The Kier molecular flexibility index (Phi) is 4.19. The molecule has 3 nitrogen and oxygen atoms in total. The molecule has 0 aliphatic heterocycles. The average Bonchev–Trinajstić information content (AvgIpc) is 2.83. The zero-order valence-corrected chi connectivity index (χ0v) is 9.86. The molecule has 0 radical (unpaired) electrons. The Balaban J connectivity index is 1.74. The second-order valence-electron chi connectivity index (χ2n) is 4.37. The van der Waals surface area contributed by atoms with Gasteiger partial charge in [0.1, 0.15) is 0 Å². The van der Waals surface area contributed by atoms with Crippen LogP contribution in [0.4, 0.5) is 10.5 Å². The number of hydrogen-bond donors (Lipinski definition) is 2. The molecule has 0 saturated heterocycles. The van der Waals surface area contributed by atoms with Crippen LogP contribution in [-0.2, 0) is 0 Å². The molecule has 1 aliphatic carbocycles. The summed E-state index contributed by atoms with van der Waals surface area (Å²) in [7, 11) is 0. The highest BCUT2D eigenvalue weighted by Gasteiger charge is 2.11. The van der Waals surface area contributed by atoms with Crippen LogP contribution in [0.5, 0.6) is 0 Å². The van der Waals surface area contributed by atoms with Gasteiger partial charge >= 0.3 is 6.03 Å². The molecule has 2 rings (SSSR count). The summed E-state index contributed by atoms with van der Waals surface area (Å²) < 4.78 is 0. The van der Waals surface area contributed by atoms with Crippen LogP contribution < -0.4 is 10.6 Å². The quantitative estimate of drug-likeness (QED) is 0.819. The lowest BCUT2D eigenvalue weighted by Gasteiger charge is -2.04. The van der Waals surface area contributed by atoms with Gasteiger partial charge in [-0.25, -0.2) is 4.79 Å². The standard InChI is InChI=1S/C14H18N2O/c17-14(16-13-8-2-1-3-9-13)15-11-10-12-6-4-5-7-12/h1-3,8-12H,4-7H2,(H2,15,16,17)/b11-10+. The number of amides is 2. The van der Waals surface area contributed by atoms with Crippen LogP contribution in [0.15, 0.2) is 42.6 Å². The van der Waals surface area contributed by atoms with Crippen molar-refractivity contribution in [1.82, 2.24) is 5.32 Å². The van der Waals surface area contributed by atoms with Gasteiger partial charge in [-0.3, -0.25) is 0 Å². The predicted octanol–water partition coefficient (Wildman–Crippen LogP) is 3.51. The Bertz CT molecular complexity index is 380. The fourth-order valence-corrected chi connectivity index (χ4v) is 2.10. The molecular formula is C14H18N2O. The van der Waals surface area contributed by atoms with Gasteiger partial charge in [0.05, 0.1) is 0 Å². The van der Waals surface area contributed by atoms with Gasteiger partial charge in [-0.05, 0) is 30.9 Å². The van der Waals surface area contributed by atoms with Crippen molar-refractivity contribution in [3.63, 3.8) is 0 Å². The number of carbonyl (C=O) groups excluding carboxylic acids is 1. The maximum absolute atomic E-state index is 11.5. The van der Waals surface area contributed by atoms with Crippen molar-refractivity contribution in [3.05, 3.63) is 42.6 Å². The van der Waals surface area contributed by atoms with Crippen molar-refractivity contribution in [2.24, 2.45) is 5.92 Å². The predicted molar refractivity (Wildman–Crippen MR) is 69.7 cm³/mol. The summed E-state index contributed by atoms with van der Waals surface area (Å²) in [4.78, 5) is 11.5. The Labute approximate surface area is 102 Å². The molecule has 0 bridgehead atoms. The molecule has 0 aromatic heterocycles. The van der Waals surface area contributed by atoms with E-state index in [-0.39, 0.29) is 6.03 Å². The second-order valence-corrected chi connectivity index (χ2v) is 4.37. The van der Waals surface area contributed by atoms with Crippen molar-refractivity contribution < 1.29 is 4.79 Å². The van der Waals surface area contributed by atoms with Crippen LogP contribution in [0.2, 0.25) is 0 Å². The van der Waals surface area contributed by atoms with Crippen LogP contribution in [0, 0.1) is 5.92 Å². The maximum atomic E-state index is 11.5. The van der Waals surface area contributed by atoms with Crippen molar-refractivity contribution in [1.29, 1.82) is 0 Å². The largest absolute Gasteiger partial charge is 0.323 e. The summed E-state index contributed by atoms with van der Waals surface area (Å²) in [6.45, 7) is 0. The molecule has 1 saturated carbocycles. The summed E-state index contributed by atoms with van der Waals surface area (Å²) in [5.41, 5.74) is 0.805. The normalized spacial score (nSPS) is 16.2. The number of benzene rings is 1. The molecule has 0 heterocycles. The van der Waals surface area contributed by atoms with Crippen molar-refractivity contribution in [2.75, 3.05) is 5.32 Å². The number of anilines is 1. The summed E-state index contributed by atoms with van der Waals surface area (Å²) in [5, 5.41) is 5.49. The first kappa shape index (κ1) is 11.7. The molecule has 2 amide bonds. The van der Waals surface area contributed by atoms with E-state index in [4.69, 9.17) is 0 Å². The van der Waals surface area contributed by atoms with Gasteiger partial charge in [0.25, 0.3) is 0 Å². The number of carbonyl (C=O) groups is 1. The van der Waals surface area contributed by atoms with E-state index in [0.29, 0.717) is 5.92 Å². The van der Waals surface area contributed by atoms with E-state index in [1.165, 1.54) is 25.7 Å². The first-order chi connectivity index (χ1) is 8.34. The molecule has 0 spiro atoms. The lowest BCUT2D eigenvalue weighted by Crippen LogP contribution is -2.23. The third-order valence-corrected chi connectivity index (χ3v) is 3.01. The molecule has 1 aromatic carbocycles. The number of urea groups is 1. The van der Waals surface area contributed by atoms with Gasteiger partial charge in [-0.1, -0.05) is 37.1 Å². The minimum Gasteiger partial charge on any atom is -0.315 e. The SMILES string of the molecule is O=C(N/C=C/C1CCCC1)Nc1ccccc1. The third-order valence-electron chi connectivity index (χ3n) is 3.01. The van der Waals surface area contributed by atoms with Gasteiger partial charge in [0.2, 0.25) is 0 Å². The zero-order valence-electron chi connectivity index (χ0n) is 9.86. The first-order valence-corrected chi connectivity index (χ1v) is 6.14. The average molecular weight is 230 g/mol. The van der Waals surface area contributed by atoms with E-state index >= 15 is 0 Å². The third kappa shape index (κ3) is 3.94.